The largest absolute Gasteiger partial charge is 0.497 e. The van der Waals surface area contributed by atoms with Gasteiger partial charge in [0, 0.05) is 17.8 Å². The fourth-order valence-electron chi connectivity index (χ4n) is 4.06. The van der Waals surface area contributed by atoms with Gasteiger partial charge in [-0.15, -0.1) is 0 Å². The molecule has 0 spiro atoms. The van der Waals surface area contributed by atoms with Crippen molar-refractivity contribution in [3.8, 4) is 5.75 Å². The molecule has 3 aromatic carbocycles. The van der Waals surface area contributed by atoms with Gasteiger partial charge in [0.2, 0.25) is 5.91 Å². The van der Waals surface area contributed by atoms with E-state index in [-0.39, 0.29) is 23.3 Å². The van der Waals surface area contributed by atoms with E-state index in [0.717, 1.165) is 5.56 Å². The summed E-state index contributed by atoms with van der Waals surface area (Å²) in [7, 11) is -2.19. The predicted molar refractivity (Wildman–Crippen MR) is 129 cm³/mol. The van der Waals surface area contributed by atoms with E-state index in [1.165, 1.54) is 24.1 Å². The molecule has 0 fully saturated rings. The van der Waals surface area contributed by atoms with Crippen LogP contribution in [0.25, 0.3) is 0 Å². The maximum absolute atomic E-state index is 13.1. The topological polar surface area (TPSA) is 92.8 Å². The summed E-state index contributed by atoms with van der Waals surface area (Å²) in [6, 6.07) is 20.3. The summed E-state index contributed by atoms with van der Waals surface area (Å²) in [5, 5.41) is 0. The van der Waals surface area contributed by atoms with Crippen molar-refractivity contribution in [1.82, 2.24) is 4.90 Å². The number of rotatable bonds is 7. The third kappa shape index (κ3) is 4.41. The normalized spacial score (nSPS) is 15.1. The Morgan fingerprint density at radius 1 is 0.941 bits per heavy atom. The van der Waals surface area contributed by atoms with Gasteiger partial charge in [0.25, 0.3) is 15.9 Å². The lowest BCUT2D eigenvalue weighted by atomic mass is 9.77. The molecule has 1 N–H and O–H groups in total. The van der Waals surface area contributed by atoms with Gasteiger partial charge >= 0.3 is 0 Å². The maximum Gasteiger partial charge on any atom is 0.261 e. The van der Waals surface area contributed by atoms with Crippen LogP contribution in [0, 0.1) is 0 Å². The Bertz CT molecular complexity index is 1330. The van der Waals surface area contributed by atoms with Crippen molar-refractivity contribution in [3.63, 3.8) is 0 Å². The van der Waals surface area contributed by atoms with Gasteiger partial charge in [-0.25, -0.2) is 8.42 Å². The molecule has 1 heterocycles. The third-order valence-corrected chi connectivity index (χ3v) is 7.44. The zero-order valence-electron chi connectivity index (χ0n) is 19.2. The fraction of sp³-hybridized carbons (Fsp3) is 0.231. The highest BCUT2D eigenvalue weighted by molar-refractivity contribution is 7.92. The van der Waals surface area contributed by atoms with Crippen LogP contribution >= 0.6 is 0 Å². The number of carbonyl (C=O) groups excluding carboxylic acids is 2. The minimum Gasteiger partial charge on any atom is -0.497 e. The van der Waals surface area contributed by atoms with Gasteiger partial charge in [0.15, 0.2) is 0 Å². The molecule has 0 bridgehead atoms. The molecule has 0 saturated carbocycles. The number of para-hydroxylation sites is 1. The first kappa shape index (κ1) is 23.5. The molecule has 2 amide bonds. The second kappa shape index (κ2) is 8.95. The van der Waals surface area contributed by atoms with E-state index in [1.54, 1.807) is 74.5 Å². The number of ether oxygens (including phenoxy) is 1. The molecule has 1 aliphatic rings. The highest BCUT2D eigenvalue weighted by Gasteiger charge is 2.44. The SMILES string of the molecule is COc1ccc2c(c1)C(=O)N(CCc1ccc(S(=O)(=O)Nc3ccccc3)cc1)C(=O)C2(C)C. The molecular formula is C26H26N2O5S. The van der Waals surface area contributed by atoms with Gasteiger partial charge < -0.3 is 4.74 Å². The maximum atomic E-state index is 13.1. The molecule has 1 aliphatic heterocycles. The molecule has 8 heteroatoms. The molecule has 0 saturated heterocycles. The highest BCUT2D eigenvalue weighted by Crippen LogP contribution is 2.36. The molecule has 4 rings (SSSR count). The first-order chi connectivity index (χ1) is 16.1. The number of nitrogens with one attached hydrogen (secondary N) is 1. The third-order valence-electron chi connectivity index (χ3n) is 6.04. The van der Waals surface area contributed by atoms with Crippen LogP contribution in [-0.2, 0) is 26.7 Å². The average molecular weight is 479 g/mol. The van der Waals surface area contributed by atoms with Crippen molar-refractivity contribution in [3.05, 3.63) is 89.5 Å². The molecule has 0 radical (unpaired) electrons. The number of sulfonamides is 1. The summed E-state index contributed by atoms with van der Waals surface area (Å²) in [4.78, 5) is 27.7. The van der Waals surface area contributed by atoms with Crippen LogP contribution in [-0.4, -0.2) is 38.8 Å². The summed E-state index contributed by atoms with van der Waals surface area (Å²) in [6.45, 7) is 3.80. The number of benzene rings is 3. The minimum atomic E-state index is -3.72. The Labute approximate surface area is 199 Å². The summed E-state index contributed by atoms with van der Waals surface area (Å²) in [5.41, 5.74) is 1.58. The quantitative estimate of drug-likeness (QED) is 0.518. The number of anilines is 1. The Kier molecular flexibility index (Phi) is 6.18. The number of hydrogen-bond acceptors (Lipinski definition) is 5. The molecule has 7 nitrogen and oxygen atoms in total. The number of carbonyl (C=O) groups is 2. The van der Waals surface area contributed by atoms with Crippen LogP contribution in [0.2, 0.25) is 0 Å². The number of fused-ring (bicyclic) bond motifs is 1. The van der Waals surface area contributed by atoms with Gasteiger partial charge in [0.1, 0.15) is 5.75 Å². The number of hydrogen-bond donors (Lipinski definition) is 1. The van der Waals surface area contributed by atoms with Crippen molar-refractivity contribution < 1.29 is 22.7 Å². The molecule has 3 aromatic rings. The van der Waals surface area contributed by atoms with Crippen LogP contribution in [0.1, 0.15) is 35.3 Å². The summed E-state index contributed by atoms with van der Waals surface area (Å²) in [6.07, 6.45) is 0.402. The number of amides is 2. The number of nitrogens with zero attached hydrogens (tertiary/aromatic N) is 1. The summed E-state index contributed by atoms with van der Waals surface area (Å²) < 4.78 is 33.0. The smallest absolute Gasteiger partial charge is 0.261 e. The van der Waals surface area contributed by atoms with Crippen LogP contribution in [0.5, 0.6) is 5.75 Å². The molecule has 0 aliphatic carbocycles. The lowest BCUT2D eigenvalue weighted by Crippen LogP contribution is -2.52. The van der Waals surface area contributed by atoms with E-state index in [2.05, 4.69) is 4.72 Å². The predicted octanol–water partition coefficient (Wildman–Crippen LogP) is 4.00. The minimum absolute atomic E-state index is 0.132. The summed E-state index contributed by atoms with van der Waals surface area (Å²) in [5.74, 6) is -0.0657. The number of methoxy groups -OCH3 is 1. The lowest BCUT2D eigenvalue weighted by molar-refractivity contribution is -0.134. The Morgan fingerprint density at radius 2 is 1.62 bits per heavy atom. The van der Waals surface area contributed by atoms with Gasteiger partial charge in [-0.1, -0.05) is 36.4 Å². The molecule has 176 valence electrons. The molecule has 34 heavy (non-hydrogen) atoms. The lowest BCUT2D eigenvalue weighted by Gasteiger charge is -2.37. The molecular weight excluding hydrogens is 452 g/mol. The van der Waals surface area contributed by atoms with E-state index in [4.69, 9.17) is 4.74 Å². The second-order valence-electron chi connectivity index (χ2n) is 8.66. The van der Waals surface area contributed by atoms with Crippen LogP contribution in [0.15, 0.2) is 77.7 Å². The first-order valence-corrected chi connectivity index (χ1v) is 12.3. The van der Waals surface area contributed by atoms with Crippen molar-refractivity contribution in [2.24, 2.45) is 0 Å². The Hall–Kier alpha value is -3.65. The molecule has 0 unspecified atom stereocenters. The first-order valence-electron chi connectivity index (χ1n) is 10.8. The van der Waals surface area contributed by atoms with Crippen molar-refractivity contribution in [2.75, 3.05) is 18.4 Å². The highest BCUT2D eigenvalue weighted by atomic mass is 32.2. The van der Waals surface area contributed by atoms with E-state index in [9.17, 15) is 18.0 Å². The molecule has 0 atom stereocenters. The second-order valence-corrected chi connectivity index (χ2v) is 10.3. The van der Waals surface area contributed by atoms with Gasteiger partial charge in [-0.3, -0.25) is 19.2 Å². The standard InChI is InChI=1S/C26H26N2O5S/c1-26(2)23-14-11-20(33-3)17-22(23)24(29)28(25(26)30)16-15-18-9-12-21(13-10-18)34(31,32)27-19-7-5-4-6-8-19/h4-14,17,27H,15-16H2,1-3H3. The van der Waals surface area contributed by atoms with E-state index in [1.807, 2.05) is 0 Å². The van der Waals surface area contributed by atoms with Crippen molar-refractivity contribution >= 4 is 27.5 Å². The van der Waals surface area contributed by atoms with E-state index in [0.29, 0.717) is 29.0 Å². The van der Waals surface area contributed by atoms with Crippen molar-refractivity contribution in [1.29, 1.82) is 0 Å². The van der Waals surface area contributed by atoms with Crippen LogP contribution in [0.4, 0.5) is 5.69 Å². The Balaban J connectivity index is 1.50. The number of imide groups is 1. The molecule has 0 aromatic heterocycles. The van der Waals surface area contributed by atoms with Crippen molar-refractivity contribution in [2.45, 2.75) is 30.6 Å². The Morgan fingerprint density at radius 3 is 2.26 bits per heavy atom. The fourth-order valence-corrected chi connectivity index (χ4v) is 5.12. The zero-order chi connectivity index (χ0) is 24.5. The van der Waals surface area contributed by atoms with Gasteiger partial charge in [-0.05, 0) is 67.8 Å². The average Bonchev–Trinajstić information content (AvgIpc) is 2.83. The van der Waals surface area contributed by atoms with E-state index >= 15 is 0 Å². The zero-order valence-corrected chi connectivity index (χ0v) is 20.1. The monoisotopic (exact) mass is 478 g/mol. The van der Waals surface area contributed by atoms with Gasteiger partial charge in [0.05, 0.1) is 17.4 Å². The van der Waals surface area contributed by atoms with E-state index < -0.39 is 15.4 Å². The van der Waals surface area contributed by atoms with Crippen LogP contribution in [0.3, 0.4) is 0 Å². The van der Waals surface area contributed by atoms with Crippen LogP contribution < -0.4 is 9.46 Å². The van der Waals surface area contributed by atoms with Gasteiger partial charge in [-0.2, -0.15) is 0 Å². The summed E-state index contributed by atoms with van der Waals surface area (Å²) >= 11 is 0.